The van der Waals surface area contributed by atoms with Crippen molar-refractivity contribution in [3.63, 3.8) is 0 Å². The van der Waals surface area contributed by atoms with Crippen LogP contribution in [-0.2, 0) is 12.8 Å². The van der Waals surface area contributed by atoms with Crippen LogP contribution in [-0.4, -0.2) is 33.9 Å². The van der Waals surface area contributed by atoms with Crippen molar-refractivity contribution in [1.82, 2.24) is 14.9 Å². The lowest BCUT2D eigenvalue weighted by Gasteiger charge is -2.26. The third-order valence-electron chi connectivity index (χ3n) is 5.62. The van der Waals surface area contributed by atoms with E-state index < -0.39 is 0 Å². The minimum atomic E-state index is 0.145. The minimum Gasteiger partial charge on any atom is -0.359 e. The molecular weight excluding hydrogens is 322 g/mol. The number of hydrogen-bond acceptors (Lipinski definition) is 2. The lowest BCUT2D eigenvalue weighted by Crippen LogP contribution is -2.34. The Morgan fingerprint density at radius 3 is 2.92 bits per heavy atom. The summed E-state index contributed by atoms with van der Waals surface area (Å²) in [4.78, 5) is 22.6. The number of rotatable bonds is 2. The summed E-state index contributed by atoms with van der Waals surface area (Å²) in [6.07, 6.45) is 10.4. The van der Waals surface area contributed by atoms with Gasteiger partial charge < -0.3 is 9.88 Å². The predicted molar refractivity (Wildman–Crippen MR) is 103 cm³/mol. The van der Waals surface area contributed by atoms with E-state index in [1.807, 2.05) is 35.5 Å². The van der Waals surface area contributed by atoms with Gasteiger partial charge in [0.05, 0.1) is 11.0 Å². The van der Waals surface area contributed by atoms with Crippen molar-refractivity contribution in [3.8, 4) is 0 Å². The molecule has 1 N–H and O–H groups in total. The van der Waals surface area contributed by atoms with E-state index >= 15 is 0 Å². The van der Waals surface area contributed by atoms with Gasteiger partial charge in [-0.2, -0.15) is 0 Å². The van der Waals surface area contributed by atoms with Gasteiger partial charge in [0.25, 0.3) is 5.91 Å². The van der Waals surface area contributed by atoms with Gasteiger partial charge in [-0.3, -0.25) is 9.78 Å². The molecule has 4 heteroatoms. The van der Waals surface area contributed by atoms with Crippen LogP contribution in [0.5, 0.6) is 0 Å². The number of aromatic nitrogens is 2. The van der Waals surface area contributed by atoms with Crippen LogP contribution in [0, 0.1) is 0 Å². The molecule has 1 aromatic carbocycles. The third kappa shape index (κ3) is 2.53. The molecule has 4 nitrogen and oxygen atoms in total. The summed E-state index contributed by atoms with van der Waals surface area (Å²) >= 11 is 0. The average molecular weight is 343 g/mol. The van der Waals surface area contributed by atoms with E-state index in [9.17, 15) is 4.79 Å². The van der Waals surface area contributed by atoms with E-state index in [2.05, 4.69) is 28.2 Å². The number of amides is 1. The molecule has 0 unspecified atom stereocenters. The minimum absolute atomic E-state index is 0.145. The fourth-order valence-electron chi connectivity index (χ4n) is 4.19. The first-order chi connectivity index (χ1) is 12.8. The van der Waals surface area contributed by atoms with E-state index in [0.717, 1.165) is 48.0 Å². The van der Waals surface area contributed by atoms with E-state index in [0.29, 0.717) is 6.54 Å². The molecule has 0 fully saturated rings. The number of aromatic amines is 1. The van der Waals surface area contributed by atoms with Gasteiger partial charge in [0.2, 0.25) is 0 Å². The topological polar surface area (TPSA) is 49.0 Å². The zero-order valence-electron chi connectivity index (χ0n) is 14.7. The van der Waals surface area contributed by atoms with Gasteiger partial charge in [0, 0.05) is 36.6 Å². The predicted octanol–water partition coefficient (Wildman–Crippen LogP) is 3.98. The number of fused-ring (bicyclic) bond motifs is 2. The van der Waals surface area contributed by atoms with Gasteiger partial charge in [0.15, 0.2) is 0 Å². The third-order valence-corrected chi connectivity index (χ3v) is 5.62. The fourth-order valence-corrected chi connectivity index (χ4v) is 4.19. The lowest BCUT2D eigenvalue weighted by atomic mass is 10.00. The quantitative estimate of drug-likeness (QED) is 0.765. The highest BCUT2D eigenvalue weighted by atomic mass is 16.2. The monoisotopic (exact) mass is 343 g/mol. The molecule has 0 spiro atoms. The molecule has 1 aliphatic heterocycles. The fraction of sp³-hybridized carbons (Fsp3) is 0.273. The van der Waals surface area contributed by atoms with Gasteiger partial charge in [-0.1, -0.05) is 12.1 Å². The molecule has 0 saturated heterocycles. The average Bonchev–Trinajstić information content (AvgIpc) is 3.34. The Hall–Kier alpha value is -2.88. The number of aryl methyl sites for hydroxylation is 2. The van der Waals surface area contributed by atoms with Crippen LogP contribution in [0.1, 0.15) is 39.9 Å². The Morgan fingerprint density at radius 1 is 1.12 bits per heavy atom. The molecule has 2 aliphatic rings. The first-order valence-electron chi connectivity index (χ1n) is 9.32. The Labute approximate surface area is 152 Å². The second-order valence-electron chi connectivity index (χ2n) is 7.17. The second kappa shape index (κ2) is 6.13. The summed E-state index contributed by atoms with van der Waals surface area (Å²) in [6.45, 7) is 1.41. The molecular formula is C22H21N3O. The summed E-state index contributed by atoms with van der Waals surface area (Å²) in [5.41, 5.74) is 8.09. The normalized spacial score (nSPS) is 16.6. The molecule has 1 amide bonds. The summed E-state index contributed by atoms with van der Waals surface area (Å²) in [6, 6.07) is 10.2. The molecule has 26 heavy (non-hydrogen) atoms. The van der Waals surface area contributed by atoms with Crippen molar-refractivity contribution in [2.75, 3.05) is 13.1 Å². The molecule has 3 heterocycles. The highest BCUT2D eigenvalue weighted by Crippen LogP contribution is 2.29. The van der Waals surface area contributed by atoms with Crippen molar-refractivity contribution in [1.29, 1.82) is 0 Å². The highest BCUT2D eigenvalue weighted by Gasteiger charge is 2.22. The number of hydrogen-bond donors (Lipinski definition) is 1. The number of carbonyl (C=O) groups excluding carboxylic acids is 1. The number of H-pyrrole nitrogens is 1. The maximum atomic E-state index is 12.9. The maximum Gasteiger partial charge on any atom is 0.254 e. The number of nitrogens with zero attached hydrogens (tertiary/aromatic N) is 2. The van der Waals surface area contributed by atoms with Gasteiger partial charge >= 0.3 is 0 Å². The van der Waals surface area contributed by atoms with Crippen molar-refractivity contribution < 1.29 is 4.79 Å². The number of carbonyl (C=O) groups is 1. The molecule has 130 valence electrons. The van der Waals surface area contributed by atoms with E-state index in [1.165, 1.54) is 23.1 Å². The molecule has 0 saturated carbocycles. The molecule has 0 radical (unpaired) electrons. The number of pyridine rings is 1. The molecule has 5 rings (SSSR count). The molecule has 0 bridgehead atoms. The first-order valence-corrected chi connectivity index (χ1v) is 9.32. The molecule has 3 aromatic rings. The smallest absolute Gasteiger partial charge is 0.254 e. The SMILES string of the molecule is O=C(c1ccc2c(c1)CCC2)N1CC=C(c2c[nH]c3cccnc23)CC1. The Bertz CT molecular complexity index is 1030. The number of benzene rings is 1. The maximum absolute atomic E-state index is 12.9. The summed E-state index contributed by atoms with van der Waals surface area (Å²) in [7, 11) is 0. The standard InChI is InChI=1S/C22H21N3O/c26-22(18-7-6-15-3-1-4-17(15)13-18)25-11-8-16(9-12-25)19-14-24-20-5-2-10-23-21(19)20/h2,5-8,10,13-14,24H,1,3-4,9,11-12H2. The summed E-state index contributed by atoms with van der Waals surface area (Å²) in [5, 5.41) is 0. The van der Waals surface area contributed by atoms with Gasteiger partial charge in [-0.25, -0.2) is 0 Å². The van der Waals surface area contributed by atoms with Crippen LogP contribution in [0.15, 0.2) is 48.8 Å². The van der Waals surface area contributed by atoms with E-state index in [-0.39, 0.29) is 5.91 Å². The molecule has 0 atom stereocenters. The molecule has 1 aliphatic carbocycles. The van der Waals surface area contributed by atoms with E-state index in [1.54, 1.807) is 0 Å². The van der Waals surface area contributed by atoms with Crippen LogP contribution < -0.4 is 0 Å². The summed E-state index contributed by atoms with van der Waals surface area (Å²) in [5.74, 6) is 0.145. The first kappa shape index (κ1) is 15.4. The summed E-state index contributed by atoms with van der Waals surface area (Å²) < 4.78 is 0. The molecule has 2 aromatic heterocycles. The van der Waals surface area contributed by atoms with Crippen LogP contribution in [0.25, 0.3) is 16.6 Å². The van der Waals surface area contributed by atoms with Gasteiger partial charge in [0.1, 0.15) is 0 Å². The van der Waals surface area contributed by atoms with Crippen molar-refractivity contribution in [2.45, 2.75) is 25.7 Å². The number of nitrogens with one attached hydrogen (secondary N) is 1. The lowest BCUT2D eigenvalue weighted by molar-refractivity contribution is 0.0773. The van der Waals surface area contributed by atoms with Crippen LogP contribution in [0.3, 0.4) is 0 Å². The van der Waals surface area contributed by atoms with Crippen molar-refractivity contribution >= 4 is 22.5 Å². The van der Waals surface area contributed by atoms with Crippen molar-refractivity contribution in [2.24, 2.45) is 0 Å². The largest absolute Gasteiger partial charge is 0.359 e. The zero-order valence-corrected chi connectivity index (χ0v) is 14.7. The van der Waals surface area contributed by atoms with E-state index in [4.69, 9.17) is 0 Å². The van der Waals surface area contributed by atoms with Gasteiger partial charge in [-0.05, 0) is 66.6 Å². The van der Waals surface area contributed by atoms with Crippen LogP contribution in [0.4, 0.5) is 0 Å². The Kier molecular flexibility index (Phi) is 3.63. The van der Waals surface area contributed by atoms with Crippen LogP contribution >= 0.6 is 0 Å². The zero-order chi connectivity index (χ0) is 17.5. The highest BCUT2D eigenvalue weighted by molar-refractivity contribution is 5.96. The van der Waals surface area contributed by atoms with Crippen LogP contribution in [0.2, 0.25) is 0 Å². The van der Waals surface area contributed by atoms with Gasteiger partial charge in [-0.15, -0.1) is 0 Å². The van der Waals surface area contributed by atoms with Crippen molar-refractivity contribution in [3.05, 3.63) is 71.1 Å². The Balaban J connectivity index is 1.37. The Morgan fingerprint density at radius 2 is 2.04 bits per heavy atom. The second-order valence-corrected chi connectivity index (χ2v) is 7.17.